The number of nitrogens with one attached hydrogen (secondary N) is 1. The zero-order valence-corrected chi connectivity index (χ0v) is 12.8. The lowest BCUT2D eigenvalue weighted by atomic mass is 10.1. The summed E-state index contributed by atoms with van der Waals surface area (Å²) in [5.41, 5.74) is 0. The van der Waals surface area contributed by atoms with Crippen LogP contribution in [0, 0.1) is 0 Å². The van der Waals surface area contributed by atoms with Crippen molar-refractivity contribution in [1.29, 1.82) is 0 Å². The van der Waals surface area contributed by atoms with E-state index in [-0.39, 0.29) is 18.2 Å². The fourth-order valence-corrected chi connectivity index (χ4v) is 2.01. The molecule has 0 aromatic heterocycles. The first kappa shape index (κ1) is 18.1. The number of hydrogen-bond acceptors (Lipinski definition) is 2. The highest BCUT2D eigenvalue weighted by Gasteiger charge is 2.03. The summed E-state index contributed by atoms with van der Waals surface area (Å²) < 4.78 is 0. The molecule has 0 aliphatic heterocycles. The average Bonchev–Trinajstić information content (AvgIpc) is 2.42. The lowest BCUT2D eigenvalue weighted by molar-refractivity contribution is -0.125. The number of Topliss-reactive ketones (excluding diaryl/α,β-unsaturated/α-hetero) is 1. The second-order valence-corrected chi connectivity index (χ2v) is 5.25. The highest BCUT2D eigenvalue weighted by Crippen LogP contribution is 2.10. The summed E-state index contributed by atoms with van der Waals surface area (Å²) in [6, 6.07) is 0. The van der Waals surface area contributed by atoms with Gasteiger partial charge >= 0.3 is 0 Å². The smallest absolute Gasteiger partial charge is 0.220 e. The topological polar surface area (TPSA) is 46.2 Å². The quantitative estimate of drug-likeness (QED) is 0.514. The first-order valence-electron chi connectivity index (χ1n) is 7.99. The molecule has 0 aliphatic carbocycles. The molecule has 3 heteroatoms. The predicted molar refractivity (Wildman–Crippen MR) is 80.2 cm³/mol. The van der Waals surface area contributed by atoms with Gasteiger partial charge in [-0.05, 0) is 6.42 Å². The first-order chi connectivity index (χ1) is 9.20. The van der Waals surface area contributed by atoms with Crippen molar-refractivity contribution in [3.05, 3.63) is 0 Å². The fraction of sp³-hybridized carbons (Fsp3) is 0.875. The molecule has 0 unspecified atom stereocenters. The van der Waals surface area contributed by atoms with Gasteiger partial charge in [-0.2, -0.15) is 0 Å². The van der Waals surface area contributed by atoms with Crippen LogP contribution in [0.3, 0.4) is 0 Å². The average molecular weight is 269 g/mol. The van der Waals surface area contributed by atoms with Crippen LogP contribution in [0.25, 0.3) is 0 Å². The third-order valence-corrected chi connectivity index (χ3v) is 3.38. The zero-order chi connectivity index (χ0) is 14.3. The summed E-state index contributed by atoms with van der Waals surface area (Å²) in [6.45, 7) is 4.25. The normalized spacial score (nSPS) is 10.4. The van der Waals surface area contributed by atoms with E-state index < -0.39 is 0 Å². The Labute approximate surface area is 118 Å². The largest absolute Gasteiger partial charge is 0.349 e. The minimum Gasteiger partial charge on any atom is -0.349 e. The van der Waals surface area contributed by atoms with Gasteiger partial charge in [0.2, 0.25) is 5.91 Å². The number of hydrogen-bond donors (Lipinski definition) is 1. The van der Waals surface area contributed by atoms with Crippen molar-refractivity contribution >= 4 is 11.7 Å². The summed E-state index contributed by atoms with van der Waals surface area (Å²) >= 11 is 0. The predicted octanol–water partition coefficient (Wildman–Crippen LogP) is 4.00. The second-order valence-electron chi connectivity index (χ2n) is 5.25. The van der Waals surface area contributed by atoms with Crippen molar-refractivity contribution in [3.8, 4) is 0 Å². The van der Waals surface area contributed by atoms with Crippen molar-refractivity contribution in [2.24, 2.45) is 0 Å². The molecule has 0 saturated carbocycles. The first-order valence-corrected chi connectivity index (χ1v) is 7.99. The number of carbonyl (C=O) groups excluding carboxylic acids is 2. The Morgan fingerprint density at radius 2 is 1.32 bits per heavy atom. The van der Waals surface area contributed by atoms with E-state index in [9.17, 15) is 9.59 Å². The zero-order valence-electron chi connectivity index (χ0n) is 12.8. The van der Waals surface area contributed by atoms with Crippen LogP contribution in [0.4, 0.5) is 0 Å². The van der Waals surface area contributed by atoms with Gasteiger partial charge in [0, 0.05) is 12.8 Å². The van der Waals surface area contributed by atoms with Crippen LogP contribution in [-0.2, 0) is 9.59 Å². The van der Waals surface area contributed by atoms with E-state index in [0.717, 1.165) is 12.8 Å². The van der Waals surface area contributed by atoms with Gasteiger partial charge in [0.05, 0.1) is 6.54 Å². The van der Waals surface area contributed by atoms with E-state index in [4.69, 9.17) is 0 Å². The molecule has 0 spiro atoms. The highest BCUT2D eigenvalue weighted by atomic mass is 16.2. The third kappa shape index (κ3) is 13.4. The van der Waals surface area contributed by atoms with Crippen LogP contribution in [-0.4, -0.2) is 18.2 Å². The summed E-state index contributed by atoms with van der Waals surface area (Å²) in [5.74, 6) is 0.116. The number of rotatable bonds is 13. The molecule has 19 heavy (non-hydrogen) atoms. The van der Waals surface area contributed by atoms with Gasteiger partial charge in [-0.25, -0.2) is 0 Å². The Bertz CT molecular complexity index is 239. The van der Waals surface area contributed by atoms with Crippen LogP contribution in [0.15, 0.2) is 0 Å². The molecule has 112 valence electrons. The SMILES string of the molecule is CCCCCCCCCCCC(=O)NCC(=O)CC. The second kappa shape index (κ2) is 13.6. The molecular weight excluding hydrogens is 238 g/mol. The van der Waals surface area contributed by atoms with E-state index in [1.54, 1.807) is 0 Å². The molecule has 0 rings (SSSR count). The molecule has 0 saturated heterocycles. The highest BCUT2D eigenvalue weighted by molar-refractivity contribution is 5.85. The maximum absolute atomic E-state index is 11.4. The standard InChI is InChI=1S/C16H31NO2/c1-3-5-6-7-8-9-10-11-12-13-16(19)17-14-15(18)4-2/h3-14H2,1-2H3,(H,17,19). The monoisotopic (exact) mass is 269 g/mol. The Kier molecular flexibility index (Phi) is 13.0. The van der Waals surface area contributed by atoms with Crippen LogP contribution >= 0.6 is 0 Å². The summed E-state index contributed by atoms with van der Waals surface area (Å²) in [5, 5.41) is 2.67. The van der Waals surface area contributed by atoms with Crippen LogP contribution < -0.4 is 5.32 Å². The lowest BCUT2D eigenvalue weighted by Crippen LogP contribution is -2.28. The van der Waals surface area contributed by atoms with E-state index >= 15 is 0 Å². The molecule has 0 aromatic rings. The molecule has 0 radical (unpaired) electrons. The number of carbonyl (C=O) groups is 2. The summed E-state index contributed by atoms with van der Waals surface area (Å²) in [4.78, 5) is 22.4. The van der Waals surface area contributed by atoms with E-state index in [1.807, 2.05) is 6.92 Å². The van der Waals surface area contributed by atoms with Crippen molar-refractivity contribution in [2.45, 2.75) is 84.5 Å². The van der Waals surface area contributed by atoms with Crippen LogP contribution in [0.5, 0.6) is 0 Å². The molecule has 0 fully saturated rings. The number of ketones is 1. The minimum absolute atomic E-state index is 0.0183. The molecule has 0 bridgehead atoms. The van der Waals surface area contributed by atoms with Crippen molar-refractivity contribution in [3.63, 3.8) is 0 Å². The molecule has 0 aliphatic rings. The molecule has 1 N–H and O–H groups in total. The van der Waals surface area contributed by atoms with Gasteiger partial charge in [0.25, 0.3) is 0 Å². The van der Waals surface area contributed by atoms with Crippen molar-refractivity contribution in [2.75, 3.05) is 6.54 Å². The summed E-state index contributed by atoms with van der Waals surface area (Å²) in [7, 11) is 0. The number of amides is 1. The van der Waals surface area contributed by atoms with Gasteiger partial charge in [-0.1, -0.05) is 65.2 Å². The molecular formula is C16H31NO2. The minimum atomic E-state index is 0.0183. The maximum Gasteiger partial charge on any atom is 0.220 e. The van der Waals surface area contributed by atoms with Crippen LogP contribution in [0.1, 0.15) is 84.5 Å². The maximum atomic E-state index is 11.4. The molecule has 0 aromatic carbocycles. The Balaban J connectivity index is 3.21. The van der Waals surface area contributed by atoms with Crippen molar-refractivity contribution in [1.82, 2.24) is 5.32 Å². The lowest BCUT2D eigenvalue weighted by Gasteiger charge is -2.04. The Morgan fingerprint density at radius 3 is 1.84 bits per heavy atom. The van der Waals surface area contributed by atoms with Gasteiger partial charge in [-0.15, -0.1) is 0 Å². The van der Waals surface area contributed by atoms with Crippen molar-refractivity contribution < 1.29 is 9.59 Å². The Morgan fingerprint density at radius 1 is 0.789 bits per heavy atom. The summed E-state index contributed by atoms with van der Waals surface area (Å²) in [6.07, 6.45) is 12.4. The number of unbranched alkanes of at least 4 members (excludes halogenated alkanes) is 8. The third-order valence-electron chi connectivity index (χ3n) is 3.38. The molecule has 0 heterocycles. The fourth-order valence-electron chi connectivity index (χ4n) is 2.01. The van der Waals surface area contributed by atoms with Crippen LogP contribution in [0.2, 0.25) is 0 Å². The van der Waals surface area contributed by atoms with Gasteiger partial charge in [0.15, 0.2) is 5.78 Å². The molecule has 0 atom stereocenters. The van der Waals surface area contributed by atoms with E-state index in [0.29, 0.717) is 12.8 Å². The van der Waals surface area contributed by atoms with E-state index in [2.05, 4.69) is 12.2 Å². The molecule has 3 nitrogen and oxygen atoms in total. The van der Waals surface area contributed by atoms with Gasteiger partial charge in [0.1, 0.15) is 0 Å². The van der Waals surface area contributed by atoms with E-state index in [1.165, 1.54) is 44.9 Å². The Hall–Kier alpha value is -0.860. The van der Waals surface area contributed by atoms with Gasteiger partial charge < -0.3 is 5.32 Å². The molecule has 1 amide bonds. The van der Waals surface area contributed by atoms with Gasteiger partial charge in [-0.3, -0.25) is 9.59 Å².